The Hall–Kier alpha value is -2.28. The first-order chi connectivity index (χ1) is 12.3. The van der Waals surface area contributed by atoms with Crippen molar-refractivity contribution < 1.29 is 0 Å². The fourth-order valence-corrected chi connectivity index (χ4v) is 5.67. The van der Waals surface area contributed by atoms with E-state index < -0.39 is 0 Å². The third-order valence-corrected chi connectivity index (χ3v) is 6.98. The molecule has 3 aromatic carbocycles. The summed E-state index contributed by atoms with van der Waals surface area (Å²) in [6, 6.07) is 30.6. The summed E-state index contributed by atoms with van der Waals surface area (Å²) in [4.78, 5) is 0. The number of aryl methyl sites for hydroxylation is 1. The molecule has 0 aliphatic heterocycles. The van der Waals surface area contributed by atoms with Crippen LogP contribution in [0, 0.1) is 0 Å². The van der Waals surface area contributed by atoms with Crippen LogP contribution in [-0.2, 0) is 7.05 Å². The van der Waals surface area contributed by atoms with E-state index in [0.717, 1.165) is 0 Å². The zero-order chi connectivity index (χ0) is 17.1. The first kappa shape index (κ1) is 16.2. The Balaban J connectivity index is 1.74. The van der Waals surface area contributed by atoms with E-state index in [-0.39, 0.29) is 0 Å². The van der Waals surface area contributed by atoms with E-state index in [9.17, 15) is 0 Å². The summed E-state index contributed by atoms with van der Waals surface area (Å²) in [6.07, 6.45) is 2.32. The van der Waals surface area contributed by atoms with Crippen molar-refractivity contribution in [1.29, 1.82) is 0 Å². The molecule has 0 radical (unpaired) electrons. The fraction of sp³-hybridized carbons (Fsp3) is 0.130. The molecule has 1 aromatic heterocycles. The number of para-hydroxylation sites is 1. The van der Waals surface area contributed by atoms with Crippen molar-refractivity contribution in [2.45, 2.75) is 11.2 Å². The Morgan fingerprint density at radius 3 is 2.20 bits per heavy atom. The average Bonchev–Trinajstić information content (AvgIpc) is 3.01. The van der Waals surface area contributed by atoms with Crippen LogP contribution in [-0.4, -0.2) is 19.5 Å². The van der Waals surface area contributed by atoms with Gasteiger partial charge in [-0.1, -0.05) is 0 Å². The van der Waals surface area contributed by atoms with Gasteiger partial charge in [-0.05, 0) is 0 Å². The van der Waals surface area contributed by atoms with Crippen LogP contribution in [0.4, 0.5) is 0 Å². The number of benzene rings is 3. The van der Waals surface area contributed by atoms with Crippen molar-refractivity contribution in [2.24, 2.45) is 7.05 Å². The van der Waals surface area contributed by atoms with Crippen LogP contribution in [0.1, 0.15) is 17.0 Å². The fourth-order valence-electron chi connectivity index (χ4n) is 3.40. The average molecular weight is 390 g/mol. The molecule has 1 unspecified atom stereocenters. The van der Waals surface area contributed by atoms with Crippen molar-refractivity contribution in [2.75, 3.05) is 0 Å². The van der Waals surface area contributed by atoms with Gasteiger partial charge in [-0.15, -0.1) is 0 Å². The summed E-state index contributed by atoms with van der Waals surface area (Å²) < 4.78 is 3.73. The number of nitrogens with zero attached hydrogens (tertiary/aromatic N) is 1. The summed E-state index contributed by atoms with van der Waals surface area (Å²) in [6.45, 7) is 0. The maximum atomic E-state index is 2.32. The second kappa shape index (κ2) is 7.31. The van der Waals surface area contributed by atoms with Gasteiger partial charge in [0.05, 0.1) is 0 Å². The molecule has 0 saturated carbocycles. The molecule has 1 nitrogen and oxygen atoms in total. The molecular weight excluding hydrogens is 369 g/mol. The van der Waals surface area contributed by atoms with Gasteiger partial charge in [-0.25, -0.2) is 0 Å². The van der Waals surface area contributed by atoms with E-state index in [0.29, 0.717) is 20.9 Å². The van der Waals surface area contributed by atoms with Crippen LogP contribution in [0.15, 0.2) is 91.1 Å². The Labute approximate surface area is 155 Å². The van der Waals surface area contributed by atoms with Gasteiger partial charge in [-0.3, -0.25) is 0 Å². The van der Waals surface area contributed by atoms with Crippen LogP contribution in [0.3, 0.4) is 0 Å². The molecule has 0 bridgehead atoms. The van der Waals surface area contributed by atoms with Gasteiger partial charge in [0.25, 0.3) is 0 Å². The summed E-state index contributed by atoms with van der Waals surface area (Å²) in [5.74, 6) is 0.438. The van der Waals surface area contributed by atoms with Crippen molar-refractivity contribution in [3.05, 3.63) is 102 Å². The molecule has 4 rings (SSSR count). The number of aromatic nitrogens is 1. The van der Waals surface area contributed by atoms with E-state index in [1.54, 1.807) is 0 Å². The van der Waals surface area contributed by atoms with Gasteiger partial charge in [0.2, 0.25) is 0 Å². The normalized spacial score (nSPS) is 12.4. The van der Waals surface area contributed by atoms with E-state index in [1.807, 2.05) is 0 Å². The first-order valence-electron chi connectivity index (χ1n) is 8.59. The van der Waals surface area contributed by atoms with E-state index in [2.05, 4.69) is 103 Å². The summed E-state index contributed by atoms with van der Waals surface area (Å²) >= 11 is 0.457. The zero-order valence-electron chi connectivity index (χ0n) is 14.3. The molecule has 4 aromatic rings. The molecule has 1 atom stereocenters. The molecular formula is C23H21NSe. The Morgan fingerprint density at radius 1 is 0.800 bits per heavy atom. The Bertz CT molecular complexity index is 957. The van der Waals surface area contributed by atoms with Crippen LogP contribution in [0.5, 0.6) is 0 Å². The van der Waals surface area contributed by atoms with Gasteiger partial charge in [-0.2, -0.15) is 0 Å². The predicted molar refractivity (Wildman–Crippen MR) is 108 cm³/mol. The standard InChI is InChI=1S/C23H21NSe/c1-24-16-21(20-14-8-9-15-23(20)24)22(18-10-4-2-5-11-18)17-25-19-12-6-3-7-13-19/h2-16,22H,17H2,1H3. The molecule has 2 heteroatoms. The van der Waals surface area contributed by atoms with Gasteiger partial charge >= 0.3 is 155 Å². The van der Waals surface area contributed by atoms with Crippen molar-refractivity contribution in [1.82, 2.24) is 4.57 Å². The molecule has 124 valence electrons. The number of fused-ring (bicyclic) bond motifs is 1. The van der Waals surface area contributed by atoms with Crippen molar-refractivity contribution >= 4 is 30.3 Å². The van der Waals surface area contributed by atoms with Gasteiger partial charge in [0.15, 0.2) is 0 Å². The second-order valence-electron chi connectivity index (χ2n) is 6.30. The molecule has 0 aliphatic rings. The molecule has 25 heavy (non-hydrogen) atoms. The van der Waals surface area contributed by atoms with Gasteiger partial charge in [0, 0.05) is 0 Å². The molecule has 0 aliphatic carbocycles. The van der Waals surface area contributed by atoms with Crippen LogP contribution in [0.25, 0.3) is 10.9 Å². The maximum absolute atomic E-state index is 2.32. The molecule has 0 fully saturated rings. The predicted octanol–water partition coefficient (Wildman–Crippen LogP) is 4.76. The quantitative estimate of drug-likeness (QED) is 0.433. The second-order valence-corrected chi connectivity index (χ2v) is 8.59. The van der Waals surface area contributed by atoms with E-state index in [1.165, 1.54) is 31.8 Å². The molecule has 0 amide bonds. The molecule has 0 N–H and O–H groups in total. The van der Waals surface area contributed by atoms with Crippen LogP contribution < -0.4 is 4.46 Å². The van der Waals surface area contributed by atoms with Crippen molar-refractivity contribution in [3.63, 3.8) is 0 Å². The topological polar surface area (TPSA) is 4.93 Å². The summed E-state index contributed by atoms with van der Waals surface area (Å²) in [5, 5.41) is 2.55. The summed E-state index contributed by atoms with van der Waals surface area (Å²) in [5.41, 5.74) is 4.17. The molecule has 1 heterocycles. The summed E-state index contributed by atoms with van der Waals surface area (Å²) in [7, 11) is 2.15. The zero-order valence-corrected chi connectivity index (χ0v) is 16.0. The minimum atomic E-state index is 0.438. The van der Waals surface area contributed by atoms with E-state index in [4.69, 9.17) is 0 Å². The number of hydrogen-bond acceptors (Lipinski definition) is 0. The van der Waals surface area contributed by atoms with E-state index >= 15 is 0 Å². The van der Waals surface area contributed by atoms with Gasteiger partial charge in [0.1, 0.15) is 0 Å². The minimum absolute atomic E-state index is 0.438. The first-order valence-corrected chi connectivity index (χ1v) is 10.7. The third kappa shape index (κ3) is 3.42. The third-order valence-electron chi connectivity index (χ3n) is 4.67. The monoisotopic (exact) mass is 391 g/mol. The Kier molecular flexibility index (Phi) is 4.74. The van der Waals surface area contributed by atoms with Crippen LogP contribution in [0.2, 0.25) is 5.32 Å². The van der Waals surface area contributed by atoms with Gasteiger partial charge < -0.3 is 0 Å². The number of hydrogen-bond donors (Lipinski definition) is 0. The Morgan fingerprint density at radius 2 is 1.44 bits per heavy atom. The SMILES string of the molecule is Cn1cc(C(C[Se]c2ccccc2)c2ccccc2)c2ccccc21. The number of rotatable bonds is 5. The van der Waals surface area contributed by atoms with Crippen molar-refractivity contribution in [3.8, 4) is 0 Å². The van der Waals surface area contributed by atoms with Crippen LogP contribution >= 0.6 is 0 Å². The molecule has 0 saturated heterocycles. The molecule has 0 spiro atoms.